The van der Waals surface area contributed by atoms with Crippen molar-refractivity contribution >= 4 is 99.4 Å². The summed E-state index contributed by atoms with van der Waals surface area (Å²) in [6.07, 6.45) is 0. The van der Waals surface area contributed by atoms with Crippen LogP contribution >= 0.6 is 0 Å². The first-order chi connectivity index (χ1) is 33.8. The number of aryl methyl sites for hydroxylation is 2. The molecule has 12 rings (SSSR count). The predicted octanol–water partition coefficient (Wildman–Crippen LogP) is 19.1. The van der Waals surface area contributed by atoms with Crippen molar-refractivity contribution in [1.29, 1.82) is 0 Å². The molecule has 2 aromatic heterocycles. The van der Waals surface area contributed by atoms with Crippen molar-refractivity contribution in [2.24, 2.45) is 0 Å². The molecule has 0 radical (unpaired) electrons. The first-order valence-corrected chi connectivity index (χ1v) is 24.6. The summed E-state index contributed by atoms with van der Waals surface area (Å²) in [4.78, 5) is 4.91. The zero-order chi connectivity index (χ0) is 48.1. The molecule has 0 fully saturated rings. The molecule has 0 amide bonds. The maximum absolute atomic E-state index is 6.97. The van der Waals surface area contributed by atoms with Gasteiger partial charge < -0.3 is 18.8 Å². The van der Waals surface area contributed by atoms with Crippen LogP contribution < -0.4 is 9.80 Å². The fraction of sp³-hybridized carbons (Fsp3) is 0.152. The molecule has 0 aliphatic heterocycles. The van der Waals surface area contributed by atoms with Crippen molar-refractivity contribution in [3.63, 3.8) is 0 Å². The normalized spacial score (nSPS) is 12.3. The number of nitrogens with zero attached hydrogens (tertiary/aromatic N) is 3. The lowest BCUT2D eigenvalue weighted by Crippen LogP contribution is -2.13. The molecule has 2 heterocycles. The molecule has 0 aliphatic carbocycles. The number of aromatic nitrogens is 1. The van der Waals surface area contributed by atoms with Crippen LogP contribution in [-0.4, -0.2) is 4.57 Å². The molecular formula is C66H57N3O. The van der Waals surface area contributed by atoms with Crippen LogP contribution in [0.1, 0.15) is 63.8 Å². The Morgan fingerprint density at radius 2 is 0.786 bits per heavy atom. The molecular weight excluding hydrogens is 851 g/mol. The highest BCUT2D eigenvalue weighted by Gasteiger charge is 2.28. The highest BCUT2D eigenvalue weighted by Crippen LogP contribution is 2.51. The minimum Gasteiger partial charge on any atom is -0.454 e. The lowest BCUT2D eigenvalue weighted by atomic mass is 9.87. The SMILES string of the molecule is Cc1cccc(N(c2ccc(C(C)(C)C)cc2)c2cc3c(c4ccccc24)c2c4ccccc4c(N(c4ccc(C(C)(C)C)cc4)c4cccc(C)c4)cc2n3-c2cccc3c2oc2ccccc23)c1. The van der Waals surface area contributed by atoms with Crippen LogP contribution in [0, 0.1) is 13.8 Å². The summed E-state index contributed by atoms with van der Waals surface area (Å²) < 4.78 is 9.47. The summed E-state index contributed by atoms with van der Waals surface area (Å²) in [5.74, 6) is 0. The van der Waals surface area contributed by atoms with Gasteiger partial charge in [0.15, 0.2) is 5.58 Å². The van der Waals surface area contributed by atoms with E-state index in [0.717, 1.165) is 72.8 Å². The summed E-state index contributed by atoms with van der Waals surface area (Å²) in [6, 6.07) is 74.0. The molecule has 12 aromatic rings. The van der Waals surface area contributed by atoms with Crippen LogP contribution in [0.2, 0.25) is 0 Å². The van der Waals surface area contributed by atoms with Crippen molar-refractivity contribution in [2.45, 2.75) is 66.2 Å². The number of anilines is 6. The second kappa shape index (κ2) is 16.3. The average Bonchev–Trinajstić information content (AvgIpc) is 3.90. The van der Waals surface area contributed by atoms with E-state index in [-0.39, 0.29) is 10.8 Å². The van der Waals surface area contributed by atoms with E-state index in [2.05, 4.69) is 270 Å². The van der Waals surface area contributed by atoms with Gasteiger partial charge in [-0.2, -0.15) is 0 Å². The van der Waals surface area contributed by atoms with Crippen LogP contribution in [0.5, 0.6) is 0 Å². The van der Waals surface area contributed by atoms with Gasteiger partial charge in [-0.3, -0.25) is 0 Å². The Morgan fingerprint density at radius 1 is 0.371 bits per heavy atom. The van der Waals surface area contributed by atoms with E-state index in [0.29, 0.717) is 0 Å². The van der Waals surface area contributed by atoms with Gasteiger partial charge in [0.2, 0.25) is 0 Å². The Morgan fingerprint density at radius 3 is 1.24 bits per heavy atom. The van der Waals surface area contributed by atoms with Crippen molar-refractivity contribution in [1.82, 2.24) is 4.57 Å². The molecule has 0 saturated heterocycles. The third-order valence-electron chi connectivity index (χ3n) is 14.3. The molecule has 0 aliphatic rings. The third kappa shape index (κ3) is 7.12. The van der Waals surface area contributed by atoms with Crippen LogP contribution in [0.4, 0.5) is 34.1 Å². The second-order valence-electron chi connectivity index (χ2n) is 21.2. The molecule has 0 unspecified atom stereocenters. The summed E-state index contributed by atoms with van der Waals surface area (Å²) >= 11 is 0. The molecule has 0 bridgehead atoms. The van der Waals surface area contributed by atoms with E-state index < -0.39 is 0 Å². The van der Waals surface area contributed by atoms with E-state index in [9.17, 15) is 0 Å². The van der Waals surface area contributed by atoms with Gasteiger partial charge in [-0.1, -0.05) is 169 Å². The van der Waals surface area contributed by atoms with Gasteiger partial charge in [0.25, 0.3) is 0 Å². The molecule has 0 N–H and O–H groups in total. The van der Waals surface area contributed by atoms with Crippen LogP contribution in [0.3, 0.4) is 0 Å². The molecule has 4 heteroatoms. The largest absolute Gasteiger partial charge is 0.454 e. The monoisotopic (exact) mass is 907 g/mol. The predicted molar refractivity (Wildman–Crippen MR) is 299 cm³/mol. The van der Waals surface area contributed by atoms with Gasteiger partial charge in [-0.15, -0.1) is 0 Å². The van der Waals surface area contributed by atoms with Crippen LogP contribution in [0.25, 0.3) is 71.0 Å². The zero-order valence-corrected chi connectivity index (χ0v) is 41.3. The summed E-state index contributed by atoms with van der Waals surface area (Å²) in [7, 11) is 0. The maximum Gasteiger partial charge on any atom is 0.159 e. The van der Waals surface area contributed by atoms with Gasteiger partial charge in [0, 0.05) is 55.1 Å². The molecule has 0 atom stereocenters. The molecule has 0 saturated carbocycles. The summed E-state index contributed by atoms with van der Waals surface area (Å²) in [6.45, 7) is 18.0. The highest BCUT2D eigenvalue weighted by atomic mass is 16.3. The number of hydrogen-bond acceptors (Lipinski definition) is 3. The minimum absolute atomic E-state index is 0.0172. The van der Waals surface area contributed by atoms with Gasteiger partial charge in [0.1, 0.15) is 5.58 Å². The first-order valence-electron chi connectivity index (χ1n) is 24.6. The quantitative estimate of drug-likeness (QED) is 0.159. The number of para-hydroxylation sites is 2. The van der Waals surface area contributed by atoms with Gasteiger partial charge in [-0.05, 0) is 131 Å². The smallest absolute Gasteiger partial charge is 0.159 e. The lowest BCUT2D eigenvalue weighted by Gasteiger charge is -2.29. The van der Waals surface area contributed by atoms with Gasteiger partial charge >= 0.3 is 0 Å². The molecule has 70 heavy (non-hydrogen) atoms. The topological polar surface area (TPSA) is 24.6 Å². The van der Waals surface area contributed by atoms with E-state index in [4.69, 9.17) is 4.42 Å². The molecule has 342 valence electrons. The fourth-order valence-corrected chi connectivity index (χ4v) is 10.8. The summed E-state index contributed by atoms with van der Waals surface area (Å²) in [5.41, 5.74) is 16.6. The van der Waals surface area contributed by atoms with Crippen LogP contribution in [-0.2, 0) is 10.8 Å². The standard InChI is InChI=1S/C66H57N3O/c1-42-18-15-20-48(38-42)67(46-34-30-44(31-35-46)65(3,4)5)57-40-59-62(53-25-11-9-22-50(53)57)63-54-26-12-10-23-51(54)58(68(49-21-16-19-43(2)39-49)47-36-32-45(33-37-47)66(6,7)8)41-60(63)69(59)56-28-17-27-55-52-24-13-14-29-61(52)70-64(55)56/h9-41H,1-8H3. The summed E-state index contributed by atoms with van der Waals surface area (Å²) in [5, 5.41) is 9.31. The van der Waals surface area contributed by atoms with E-state index >= 15 is 0 Å². The van der Waals surface area contributed by atoms with Crippen molar-refractivity contribution in [2.75, 3.05) is 9.80 Å². The second-order valence-corrected chi connectivity index (χ2v) is 21.2. The average molecular weight is 908 g/mol. The third-order valence-corrected chi connectivity index (χ3v) is 14.3. The van der Waals surface area contributed by atoms with E-state index in [1.165, 1.54) is 54.6 Å². The van der Waals surface area contributed by atoms with Gasteiger partial charge in [0.05, 0.1) is 28.1 Å². The number of furan rings is 1. The molecule has 4 nitrogen and oxygen atoms in total. The van der Waals surface area contributed by atoms with Crippen LogP contribution in [0.15, 0.2) is 205 Å². The van der Waals surface area contributed by atoms with Crippen molar-refractivity contribution < 1.29 is 4.42 Å². The maximum atomic E-state index is 6.97. The zero-order valence-electron chi connectivity index (χ0n) is 41.3. The Labute approximate surface area is 410 Å². The molecule has 10 aromatic carbocycles. The minimum atomic E-state index is 0.0172. The van der Waals surface area contributed by atoms with Crippen molar-refractivity contribution in [3.05, 3.63) is 222 Å². The Hall–Kier alpha value is -8.08. The fourth-order valence-electron chi connectivity index (χ4n) is 10.8. The lowest BCUT2D eigenvalue weighted by molar-refractivity contribution is 0.590. The van der Waals surface area contributed by atoms with Crippen molar-refractivity contribution in [3.8, 4) is 5.69 Å². The Kier molecular flexibility index (Phi) is 10.0. The number of benzene rings is 10. The Bertz CT molecular complexity index is 3780. The van der Waals surface area contributed by atoms with E-state index in [1.54, 1.807) is 0 Å². The first kappa shape index (κ1) is 43.2. The van der Waals surface area contributed by atoms with E-state index in [1.807, 2.05) is 0 Å². The number of hydrogen-bond donors (Lipinski definition) is 0. The number of fused-ring (bicyclic) bond motifs is 10. The van der Waals surface area contributed by atoms with Gasteiger partial charge in [-0.25, -0.2) is 0 Å². The Balaban J connectivity index is 1.25. The highest BCUT2D eigenvalue weighted by molar-refractivity contribution is 6.32. The molecule has 0 spiro atoms. The number of rotatable bonds is 7.